The molecule has 0 radical (unpaired) electrons. The van der Waals surface area contributed by atoms with Gasteiger partial charge in [0.1, 0.15) is 58.3 Å². The Morgan fingerprint density at radius 1 is 0.310 bits per heavy atom. The SMILES string of the molecule is C=CC(=O)OCC(CO)(COCC(CO)(COC(=O)C=C)COC(=O)C=C)COC(=O)C=C.C=CC(=O)OCC(COC(=O)C=C)(COC(=O)C=C)COC(=O)C=C. The maximum absolute atomic E-state index is 11.5. The fraction of sp³-hybridized carbons (Fsp3) is 0.385. The topological polar surface area (TPSA) is 260 Å². The van der Waals surface area contributed by atoms with Gasteiger partial charge < -0.3 is 52.8 Å². The summed E-state index contributed by atoms with van der Waals surface area (Å²) in [5.41, 5.74) is -4.10. The Balaban J connectivity index is 0. The van der Waals surface area contributed by atoms with Crippen LogP contribution in [0.2, 0.25) is 0 Å². The Kier molecular flexibility index (Phi) is 27.6. The Morgan fingerprint density at radius 2 is 0.466 bits per heavy atom. The van der Waals surface area contributed by atoms with Gasteiger partial charge in [0.05, 0.1) is 37.3 Å². The maximum atomic E-state index is 11.5. The molecule has 0 atom stereocenters. The smallest absolute Gasteiger partial charge is 0.330 e. The van der Waals surface area contributed by atoms with E-state index in [2.05, 4.69) is 52.6 Å². The first-order chi connectivity index (χ1) is 27.5. The molecular formula is C39H50O19. The molecule has 0 rings (SSSR count). The van der Waals surface area contributed by atoms with Crippen LogP contribution in [0.1, 0.15) is 0 Å². The molecule has 320 valence electrons. The normalized spacial score (nSPS) is 10.5. The lowest BCUT2D eigenvalue weighted by atomic mass is 9.90. The molecule has 0 aromatic heterocycles. The van der Waals surface area contributed by atoms with Crippen LogP contribution in [-0.4, -0.2) is 137 Å². The second-order valence-electron chi connectivity index (χ2n) is 11.8. The van der Waals surface area contributed by atoms with Crippen molar-refractivity contribution in [3.8, 4) is 0 Å². The number of carbonyl (C=O) groups is 8. The van der Waals surface area contributed by atoms with E-state index in [4.69, 9.17) is 42.6 Å². The predicted octanol–water partition coefficient (Wildman–Crippen LogP) is 0.767. The Hall–Kier alpha value is -6.44. The lowest BCUT2D eigenvalue weighted by Gasteiger charge is -2.34. The van der Waals surface area contributed by atoms with Gasteiger partial charge >= 0.3 is 47.8 Å². The van der Waals surface area contributed by atoms with Gasteiger partial charge in [-0.15, -0.1) is 0 Å². The second-order valence-corrected chi connectivity index (χ2v) is 11.8. The van der Waals surface area contributed by atoms with Crippen molar-refractivity contribution in [3.05, 3.63) is 101 Å². The van der Waals surface area contributed by atoms with E-state index in [1.165, 1.54) is 0 Å². The summed E-state index contributed by atoms with van der Waals surface area (Å²) in [5, 5.41) is 19.9. The summed E-state index contributed by atoms with van der Waals surface area (Å²) in [6, 6.07) is 0. The van der Waals surface area contributed by atoms with Crippen molar-refractivity contribution in [2.75, 3.05) is 79.3 Å². The van der Waals surface area contributed by atoms with E-state index in [1.807, 2.05) is 0 Å². The standard InChI is InChI=1S/C22H30O11.C17H20O8/c1-5-17(25)30-13-21(9-23,14-31-18(26)6-2)11-29-12-22(10-24,15-32-19(27)7-3)16-33-20(28)8-4;1-5-13(18)22-9-17(10-23-14(19)6-2,11-24-15(20)7-3)12-25-16(21)8-4/h5-8,23-24H,1-4,9-16H2;5-8H,1-4,9-12H2. The van der Waals surface area contributed by atoms with Gasteiger partial charge in [-0.1, -0.05) is 52.6 Å². The van der Waals surface area contributed by atoms with Crippen LogP contribution in [-0.2, 0) is 81.0 Å². The van der Waals surface area contributed by atoms with E-state index >= 15 is 0 Å². The fourth-order valence-electron chi connectivity index (χ4n) is 3.52. The molecular weight excluding hydrogens is 772 g/mol. The predicted molar refractivity (Wildman–Crippen MR) is 202 cm³/mol. The van der Waals surface area contributed by atoms with Gasteiger partial charge in [-0.25, -0.2) is 38.4 Å². The van der Waals surface area contributed by atoms with Crippen LogP contribution >= 0.6 is 0 Å². The van der Waals surface area contributed by atoms with Crippen LogP contribution in [0.3, 0.4) is 0 Å². The average molecular weight is 823 g/mol. The largest absolute Gasteiger partial charge is 0.462 e. The van der Waals surface area contributed by atoms with E-state index in [-0.39, 0.29) is 39.6 Å². The molecule has 0 unspecified atom stereocenters. The number of hydrogen-bond donors (Lipinski definition) is 2. The first kappa shape index (κ1) is 53.7. The van der Waals surface area contributed by atoms with Crippen molar-refractivity contribution in [1.29, 1.82) is 0 Å². The van der Waals surface area contributed by atoms with Crippen molar-refractivity contribution in [1.82, 2.24) is 0 Å². The number of ether oxygens (including phenoxy) is 9. The minimum Gasteiger partial charge on any atom is -0.462 e. The highest BCUT2D eigenvalue weighted by Crippen LogP contribution is 2.25. The van der Waals surface area contributed by atoms with E-state index in [9.17, 15) is 48.6 Å². The molecule has 0 fully saturated rings. The van der Waals surface area contributed by atoms with E-state index in [0.717, 1.165) is 48.6 Å². The van der Waals surface area contributed by atoms with Gasteiger partial charge in [-0.3, -0.25) is 0 Å². The van der Waals surface area contributed by atoms with Crippen LogP contribution in [0.25, 0.3) is 0 Å². The van der Waals surface area contributed by atoms with Gasteiger partial charge in [0.15, 0.2) is 0 Å². The molecule has 2 N–H and O–H groups in total. The molecule has 0 saturated carbocycles. The summed E-state index contributed by atoms with van der Waals surface area (Å²) in [6.07, 6.45) is 7.35. The van der Waals surface area contributed by atoms with E-state index in [1.54, 1.807) is 0 Å². The number of esters is 8. The maximum Gasteiger partial charge on any atom is 0.330 e. The lowest BCUT2D eigenvalue weighted by molar-refractivity contribution is -0.166. The molecule has 19 nitrogen and oxygen atoms in total. The van der Waals surface area contributed by atoms with Gasteiger partial charge in [-0.05, 0) is 0 Å². The highest BCUT2D eigenvalue weighted by Gasteiger charge is 2.39. The molecule has 0 saturated heterocycles. The number of hydrogen-bond acceptors (Lipinski definition) is 19. The summed E-state index contributed by atoms with van der Waals surface area (Å²) in [7, 11) is 0. The Labute approximate surface area is 335 Å². The average Bonchev–Trinajstić information content (AvgIpc) is 3.26. The third-order valence-corrected chi connectivity index (χ3v) is 6.99. The molecule has 0 heterocycles. The monoisotopic (exact) mass is 822 g/mol. The number of carbonyl (C=O) groups excluding carboxylic acids is 8. The van der Waals surface area contributed by atoms with Crippen molar-refractivity contribution in [2.45, 2.75) is 0 Å². The quantitative estimate of drug-likeness (QED) is 0.0576. The molecule has 0 aromatic rings. The van der Waals surface area contributed by atoms with Crippen LogP contribution in [0.5, 0.6) is 0 Å². The zero-order valence-electron chi connectivity index (χ0n) is 32.1. The Bertz CT molecular complexity index is 1300. The molecule has 19 heteroatoms. The highest BCUT2D eigenvalue weighted by atomic mass is 16.6. The summed E-state index contributed by atoms with van der Waals surface area (Å²) in [6.45, 7) is 21.1. The summed E-state index contributed by atoms with van der Waals surface area (Å²) >= 11 is 0. The third kappa shape index (κ3) is 22.8. The fourth-order valence-corrected chi connectivity index (χ4v) is 3.52. The molecule has 0 amide bonds. The summed E-state index contributed by atoms with van der Waals surface area (Å²) in [4.78, 5) is 91.2. The summed E-state index contributed by atoms with van der Waals surface area (Å²) < 4.78 is 45.3. The zero-order chi connectivity index (χ0) is 44.6. The molecule has 0 aliphatic heterocycles. The molecule has 58 heavy (non-hydrogen) atoms. The second kappa shape index (κ2) is 29.8. The van der Waals surface area contributed by atoms with Crippen LogP contribution < -0.4 is 0 Å². The number of aliphatic hydroxyl groups is 2. The first-order valence-corrected chi connectivity index (χ1v) is 16.6. The van der Waals surface area contributed by atoms with Crippen LogP contribution in [0, 0.1) is 16.2 Å². The number of rotatable bonds is 30. The van der Waals surface area contributed by atoms with E-state index < -0.39 is 104 Å². The molecule has 0 aliphatic carbocycles. The van der Waals surface area contributed by atoms with Crippen LogP contribution in [0.15, 0.2) is 101 Å². The van der Waals surface area contributed by atoms with E-state index in [0.29, 0.717) is 0 Å². The van der Waals surface area contributed by atoms with Crippen molar-refractivity contribution in [3.63, 3.8) is 0 Å². The van der Waals surface area contributed by atoms with Crippen molar-refractivity contribution in [2.24, 2.45) is 16.2 Å². The molecule has 0 aromatic carbocycles. The van der Waals surface area contributed by atoms with Crippen molar-refractivity contribution < 1.29 is 91.2 Å². The van der Waals surface area contributed by atoms with Gasteiger partial charge in [0, 0.05) is 48.6 Å². The van der Waals surface area contributed by atoms with Crippen molar-refractivity contribution >= 4 is 47.8 Å². The van der Waals surface area contributed by atoms with Gasteiger partial charge in [0.2, 0.25) is 0 Å². The Morgan fingerprint density at radius 3 is 0.603 bits per heavy atom. The molecule has 0 spiro atoms. The first-order valence-electron chi connectivity index (χ1n) is 16.6. The minimum absolute atomic E-state index is 0.328. The highest BCUT2D eigenvalue weighted by molar-refractivity contribution is 5.84. The third-order valence-electron chi connectivity index (χ3n) is 6.99. The molecule has 0 aliphatic rings. The zero-order valence-corrected chi connectivity index (χ0v) is 32.1. The summed E-state index contributed by atoms with van der Waals surface area (Å²) in [5.74, 6) is -6.15. The van der Waals surface area contributed by atoms with Crippen LogP contribution in [0.4, 0.5) is 0 Å². The molecule has 0 bridgehead atoms. The van der Waals surface area contributed by atoms with Gasteiger partial charge in [0.25, 0.3) is 0 Å². The number of aliphatic hydroxyl groups excluding tert-OH is 2. The minimum atomic E-state index is -1.38. The lowest BCUT2D eigenvalue weighted by Crippen LogP contribution is -2.45. The van der Waals surface area contributed by atoms with Gasteiger partial charge in [-0.2, -0.15) is 0 Å².